The molecule has 1 aromatic heterocycles. The molecule has 5 heteroatoms. The van der Waals surface area contributed by atoms with Gasteiger partial charge in [-0.15, -0.1) is 0 Å². The van der Waals surface area contributed by atoms with Gasteiger partial charge in [0.2, 0.25) is 5.88 Å². The fraction of sp³-hybridized carbons (Fsp3) is 0.273. The van der Waals surface area contributed by atoms with E-state index in [1.165, 1.54) is 5.56 Å². The molecule has 138 valence electrons. The van der Waals surface area contributed by atoms with Crippen molar-refractivity contribution in [2.24, 2.45) is 0 Å². The average molecular weight is 361 g/mol. The molecule has 3 aromatic rings. The predicted molar refractivity (Wildman–Crippen MR) is 104 cm³/mol. The van der Waals surface area contributed by atoms with E-state index in [9.17, 15) is 4.79 Å². The smallest absolute Gasteiger partial charge is 0.274 e. The number of carbonyl (C=O) groups excluding carboxylic acids is 1. The molecular weight excluding hydrogens is 338 g/mol. The zero-order valence-electron chi connectivity index (χ0n) is 15.3. The fourth-order valence-electron chi connectivity index (χ4n) is 3.30. The number of carbonyl (C=O) groups is 1. The maximum absolute atomic E-state index is 13.2. The SMILES string of the molecule is O=C(c1cc2n(n1)CCCO2)N(CCc1ccccc1)Cc1ccccc1. The molecule has 0 unspecified atom stereocenters. The molecule has 0 N–H and O–H groups in total. The van der Waals surface area contributed by atoms with E-state index in [0.717, 1.165) is 24.9 Å². The Kier molecular flexibility index (Phi) is 5.19. The molecule has 0 bridgehead atoms. The third kappa shape index (κ3) is 4.19. The minimum absolute atomic E-state index is 0.0553. The molecule has 0 saturated heterocycles. The van der Waals surface area contributed by atoms with Crippen molar-refractivity contribution in [1.29, 1.82) is 0 Å². The first kappa shape index (κ1) is 17.3. The van der Waals surface area contributed by atoms with Crippen LogP contribution >= 0.6 is 0 Å². The van der Waals surface area contributed by atoms with Crippen LogP contribution in [0.3, 0.4) is 0 Å². The van der Waals surface area contributed by atoms with Gasteiger partial charge in [-0.1, -0.05) is 60.7 Å². The van der Waals surface area contributed by atoms with Gasteiger partial charge in [-0.05, 0) is 17.5 Å². The molecule has 0 saturated carbocycles. The van der Waals surface area contributed by atoms with Crippen molar-refractivity contribution in [3.8, 4) is 5.88 Å². The topological polar surface area (TPSA) is 47.4 Å². The summed E-state index contributed by atoms with van der Waals surface area (Å²) in [5, 5.41) is 4.47. The Morgan fingerprint density at radius 1 is 1.04 bits per heavy atom. The molecule has 0 fully saturated rings. The number of aryl methyl sites for hydroxylation is 1. The molecule has 0 radical (unpaired) electrons. The molecule has 2 aromatic carbocycles. The second kappa shape index (κ2) is 8.08. The number of rotatable bonds is 6. The molecule has 4 rings (SSSR count). The molecule has 1 aliphatic rings. The van der Waals surface area contributed by atoms with Gasteiger partial charge in [0.25, 0.3) is 5.91 Å². The summed E-state index contributed by atoms with van der Waals surface area (Å²) in [5.41, 5.74) is 2.78. The fourth-order valence-corrected chi connectivity index (χ4v) is 3.30. The van der Waals surface area contributed by atoms with Gasteiger partial charge in [0.15, 0.2) is 5.69 Å². The quantitative estimate of drug-likeness (QED) is 0.675. The highest BCUT2D eigenvalue weighted by molar-refractivity contribution is 5.92. The lowest BCUT2D eigenvalue weighted by atomic mass is 10.1. The third-order valence-electron chi connectivity index (χ3n) is 4.74. The monoisotopic (exact) mass is 361 g/mol. The summed E-state index contributed by atoms with van der Waals surface area (Å²) < 4.78 is 7.40. The van der Waals surface area contributed by atoms with Gasteiger partial charge in [-0.2, -0.15) is 5.10 Å². The molecule has 5 nitrogen and oxygen atoms in total. The zero-order chi connectivity index (χ0) is 18.5. The van der Waals surface area contributed by atoms with Crippen molar-refractivity contribution in [3.05, 3.63) is 83.6 Å². The lowest BCUT2D eigenvalue weighted by Crippen LogP contribution is -2.33. The lowest BCUT2D eigenvalue weighted by Gasteiger charge is -2.22. The summed E-state index contributed by atoms with van der Waals surface area (Å²) in [7, 11) is 0. The first-order chi connectivity index (χ1) is 13.3. The maximum Gasteiger partial charge on any atom is 0.274 e. The minimum atomic E-state index is -0.0553. The highest BCUT2D eigenvalue weighted by atomic mass is 16.5. The number of fused-ring (bicyclic) bond motifs is 1. The molecule has 0 atom stereocenters. The predicted octanol–water partition coefficient (Wildman–Crippen LogP) is 3.55. The maximum atomic E-state index is 13.2. The van der Waals surface area contributed by atoms with Crippen molar-refractivity contribution in [2.75, 3.05) is 13.2 Å². The molecule has 0 spiro atoms. The molecule has 2 heterocycles. The van der Waals surface area contributed by atoms with Crippen LogP contribution in [0.25, 0.3) is 0 Å². The van der Waals surface area contributed by atoms with Crippen LogP contribution in [0.5, 0.6) is 5.88 Å². The van der Waals surface area contributed by atoms with Crippen LogP contribution < -0.4 is 4.74 Å². The van der Waals surface area contributed by atoms with Crippen LogP contribution in [0.4, 0.5) is 0 Å². The van der Waals surface area contributed by atoms with Crippen LogP contribution in [-0.4, -0.2) is 33.7 Å². The number of amides is 1. The van der Waals surface area contributed by atoms with E-state index in [1.807, 2.05) is 53.4 Å². The van der Waals surface area contributed by atoms with Crippen molar-refractivity contribution >= 4 is 5.91 Å². The van der Waals surface area contributed by atoms with E-state index in [4.69, 9.17) is 4.74 Å². The number of hydrogen-bond donors (Lipinski definition) is 0. The molecule has 27 heavy (non-hydrogen) atoms. The van der Waals surface area contributed by atoms with E-state index < -0.39 is 0 Å². The van der Waals surface area contributed by atoms with Crippen LogP contribution in [0, 0.1) is 0 Å². The summed E-state index contributed by atoms with van der Waals surface area (Å²) in [5.74, 6) is 0.632. The Bertz CT molecular complexity index is 867. The summed E-state index contributed by atoms with van der Waals surface area (Å²) in [6.07, 6.45) is 1.73. The van der Waals surface area contributed by atoms with Gasteiger partial charge in [0.1, 0.15) is 0 Å². The Morgan fingerprint density at radius 2 is 1.74 bits per heavy atom. The molecule has 0 aliphatic carbocycles. The molecule has 1 aliphatic heterocycles. The average Bonchev–Trinajstić information content (AvgIpc) is 3.16. The zero-order valence-corrected chi connectivity index (χ0v) is 15.3. The Labute approximate surface area is 159 Å². The summed E-state index contributed by atoms with van der Waals surface area (Å²) in [6.45, 7) is 2.68. The Balaban J connectivity index is 1.54. The van der Waals surface area contributed by atoms with Gasteiger partial charge in [-0.3, -0.25) is 4.79 Å². The Hall–Kier alpha value is -3.08. The third-order valence-corrected chi connectivity index (χ3v) is 4.74. The Morgan fingerprint density at radius 3 is 2.44 bits per heavy atom. The number of nitrogens with zero attached hydrogens (tertiary/aromatic N) is 3. The summed E-state index contributed by atoms with van der Waals surface area (Å²) in [4.78, 5) is 15.1. The summed E-state index contributed by atoms with van der Waals surface area (Å²) in [6, 6.07) is 22.1. The van der Waals surface area contributed by atoms with E-state index in [-0.39, 0.29) is 5.91 Å². The first-order valence-corrected chi connectivity index (χ1v) is 9.37. The largest absolute Gasteiger partial charge is 0.478 e. The van der Waals surface area contributed by atoms with Crippen LogP contribution in [0.1, 0.15) is 28.0 Å². The number of benzene rings is 2. The van der Waals surface area contributed by atoms with Gasteiger partial charge >= 0.3 is 0 Å². The van der Waals surface area contributed by atoms with E-state index in [0.29, 0.717) is 31.3 Å². The first-order valence-electron chi connectivity index (χ1n) is 9.37. The second-order valence-corrected chi connectivity index (χ2v) is 6.74. The van der Waals surface area contributed by atoms with Crippen LogP contribution in [-0.2, 0) is 19.5 Å². The van der Waals surface area contributed by atoms with Gasteiger partial charge in [-0.25, -0.2) is 4.68 Å². The number of aromatic nitrogens is 2. The normalized spacial score (nSPS) is 12.9. The van der Waals surface area contributed by atoms with Crippen LogP contribution in [0.2, 0.25) is 0 Å². The van der Waals surface area contributed by atoms with Crippen molar-refractivity contribution in [1.82, 2.24) is 14.7 Å². The summed E-state index contributed by atoms with van der Waals surface area (Å²) >= 11 is 0. The van der Waals surface area contributed by atoms with Crippen LogP contribution in [0.15, 0.2) is 66.7 Å². The van der Waals surface area contributed by atoms with Gasteiger partial charge < -0.3 is 9.64 Å². The number of hydrogen-bond acceptors (Lipinski definition) is 3. The second-order valence-electron chi connectivity index (χ2n) is 6.74. The standard InChI is InChI=1S/C22H23N3O2/c26-22(20-16-21-25(23-20)13-7-15-27-21)24(17-19-10-5-2-6-11-19)14-12-18-8-3-1-4-9-18/h1-6,8-11,16H,7,12-15,17H2. The molecule has 1 amide bonds. The minimum Gasteiger partial charge on any atom is -0.478 e. The van der Waals surface area contributed by atoms with Crippen molar-refractivity contribution in [2.45, 2.75) is 25.9 Å². The van der Waals surface area contributed by atoms with Crippen molar-refractivity contribution < 1.29 is 9.53 Å². The van der Waals surface area contributed by atoms with E-state index >= 15 is 0 Å². The number of ether oxygens (including phenoxy) is 1. The lowest BCUT2D eigenvalue weighted by molar-refractivity contribution is 0.0738. The van der Waals surface area contributed by atoms with Gasteiger partial charge in [0.05, 0.1) is 6.61 Å². The van der Waals surface area contributed by atoms with E-state index in [1.54, 1.807) is 10.7 Å². The highest BCUT2D eigenvalue weighted by Crippen LogP contribution is 2.20. The van der Waals surface area contributed by atoms with E-state index in [2.05, 4.69) is 17.2 Å². The van der Waals surface area contributed by atoms with Crippen molar-refractivity contribution in [3.63, 3.8) is 0 Å². The van der Waals surface area contributed by atoms with Gasteiger partial charge in [0, 0.05) is 32.1 Å². The highest BCUT2D eigenvalue weighted by Gasteiger charge is 2.22. The molecular formula is C22H23N3O2.